The number of carbonyl (C=O) groups is 1. The molecule has 0 spiro atoms. The number of amides is 1. The van der Waals surface area contributed by atoms with E-state index in [1.54, 1.807) is 7.11 Å². The molecule has 1 amide bonds. The lowest BCUT2D eigenvalue weighted by molar-refractivity contribution is 0.0738. The SMILES string of the molecule is COc1cccc2c(C(=O)N[C@@H]3C(C)(C)C4CC[C@@]3(C)C4)c(C)n(CCN3CCCCC3)c12. The first-order chi connectivity index (χ1) is 15.8. The molecule has 3 aliphatic rings. The van der Waals surface area contributed by atoms with Gasteiger partial charge in [-0.2, -0.15) is 0 Å². The summed E-state index contributed by atoms with van der Waals surface area (Å²) >= 11 is 0. The lowest BCUT2D eigenvalue weighted by atomic mass is 9.68. The molecule has 1 N–H and O–H groups in total. The molecule has 5 nitrogen and oxygen atoms in total. The molecule has 1 aromatic carbocycles. The van der Waals surface area contributed by atoms with E-state index in [1.807, 2.05) is 12.1 Å². The number of hydrogen-bond donors (Lipinski definition) is 1. The van der Waals surface area contributed by atoms with E-state index in [1.165, 1.54) is 51.6 Å². The number of para-hydroxylation sites is 1. The van der Waals surface area contributed by atoms with E-state index in [9.17, 15) is 4.79 Å². The van der Waals surface area contributed by atoms with Crippen molar-refractivity contribution in [3.05, 3.63) is 29.5 Å². The van der Waals surface area contributed by atoms with Crippen molar-refractivity contribution in [2.45, 2.75) is 78.8 Å². The summed E-state index contributed by atoms with van der Waals surface area (Å²) in [5.41, 5.74) is 3.28. The largest absolute Gasteiger partial charge is 0.495 e. The van der Waals surface area contributed by atoms with Gasteiger partial charge in [0.2, 0.25) is 0 Å². The Bertz CT molecular complexity index is 1040. The Kier molecular flexibility index (Phi) is 5.75. The van der Waals surface area contributed by atoms with Crippen LogP contribution < -0.4 is 10.1 Å². The van der Waals surface area contributed by atoms with Gasteiger partial charge in [-0.3, -0.25) is 4.79 Å². The molecule has 5 rings (SSSR count). The van der Waals surface area contributed by atoms with Gasteiger partial charge in [0.25, 0.3) is 5.91 Å². The maximum Gasteiger partial charge on any atom is 0.253 e. The van der Waals surface area contributed by atoms with Crippen LogP contribution in [0.2, 0.25) is 0 Å². The van der Waals surface area contributed by atoms with Crippen LogP contribution in [-0.2, 0) is 6.54 Å². The Morgan fingerprint density at radius 1 is 1.15 bits per heavy atom. The number of nitrogens with zero attached hydrogens (tertiary/aromatic N) is 2. The van der Waals surface area contributed by atoms with Crippen LogP contribution in [-0.4, -0.2) is 48.2 Å². The average molecular weight is 452 g/mol. The molecule has 2 aliphatic carbocycles. The maximum absolute atomic E-state index is 13.9. The number of carbonyl (C=O) groups excluding carboxylic acids is 1. The third-order valence-electron chi connectivity index (χ3n) is 9.39. The predicted molar refractivity (Wildman–Crippen MR) is 134 cm³/mol. The molecule has 2 bridgehead atoms. The molecule has 2 saturated carbocycles. The third-order valence-corrected chi connectivity index (χ3v) is 9.39. The first-order valence-electron chi connectivity index (χ1n) is 13.0. The second kappa shape index (κ2) is 8.33. The number of ether oxygens (including phenoxy) is 1. The summed E-state index contributed by atoms with van der Waals surface area (Å²) in [6.07, 6.45) is 7.67. The summed E-state index contributed by atoms with van der Waals surface area (Å²) in [7, 11) is 1.73. The molecule has 5 heteroatoms. The van der Waals surface area contributed by atoms with E-state index >= 15 is 0 Å². The minimum atomic E-state index is 0.0781. The van der Waals surface area contributed by atoms with Gasteiger partial charge in [0, 0.05) is 30.2 Å². The van der Waals surface area contributed by atoms with Crippen molar-refractivity contribution < 1.29 is 9.53 Å². The van der Waals surface area contributed by atoms with Gasteiger partial charge in [0.1, 0.15) is 5.75 Å². The van der Waals surface area contributed by atoms with Crippen molar-refractivity contribution >= 4 is 16.8 Å². The Labute approximate surface area is 198 Å². The third kappa shape index (κ3) is 3.67. The van der Waals surface area contributed by atoms with E-state index in [0.29, 0.717) is 5.92 Å². The molecular formula is C28H41N3O2. The van der Waals surface area contributed by atoms with Crippen LogP contribution in [0.25, 0.3) is 10.9 Å². The zero-order valence-electron chi connectivity index (χ0n) is 21.2. The molecule has 3 atom stereocenters. The van der Waals surface area contributed by atoms with Gasteiger partial charge in [-0.1, -0.05) is 39.3 Å². The van der Waals surface area contributed by atoms with Crippen LogP contribution in [0.15, 0.2) is 18.2 Å². The first kappa shape index (κ1) is 22.8. The summed E-state index contributed by atoms with van der Waals surface area (Å²) in [6.45, 7) is 13.4. The molecule has 2 aromatic rings. The lowest BCUT2D eigenvalue weighted by Crippen LogP contribution is -2.52. The minimum absolute atomic E-state index is 0.0781. The second-order valence-electron chi connectivity index (χ2n) is 11.7. The highest BCUT2D eigenvalue weighted by atomic mass is 16.5. The van der Waals surface area contributed by atoms with E-state index < -0.39 is 0 Å². The van der Waals surface area contributed by atoms with E-state index in [2.05, 4.69) is 48.5 Å². The smallest absolute Gasteiger partial charge is 0.253 e. The Hall–Kier alpha value is -2.01. The Balaban J connectivity index is 1.49. The molecule has 0 radical (unpaired) electrons. The highest BCUT2D eigenvalue weighted by Gasteiger charge is 2.59. The molecule has 1 unspecified atom stereocenters. The van der Waals surface area contributed by atoms with E-state index in [4.69, 9.17) is 4.74 Å². The molecule has 1 aliphatic heterocycles. The molecule has 1 aromatic heterocycles. The number of likely N-dealkylation sites (tertiary alicyclic amines) is 1. The molecular weight excluding hydrogens is 410 g/mol. The van der Waals surface area contributed by atoms with Crippen molar-refractivity contribution in [2.75, 3.05) is 26.7 Å². The van der Waals surface area contributed by atoms with Crippen LogP contribution in [0, 0.1) is 23.7 Å². The van der Waals surface area contributed by atoms with Gasteiger partial charge in [-0.25, -0.2) is 0 Å². The fourth-order valence-corrected chi connectivity index (χ4v) is 7.52. The molecule has 33 heavy (non-hydrogen) atoms. The van der Waals surface area contributed by atoms with Crippen LogP contribution in [0.1, 0.15) is 75.3 Å². The molecule has 180 valence electrons. The summed E-state index contributed by atoms with van der Waals surface area (Å²) in [4.78, 5) is 16.4. The van der Waals surface area contributed by atoms with Gasteiger partial charge in [-0.15, -0.1) is 0 Å². The summed E-state index contributed by atoms with van der Waals surface area (Å²) in [5, 5.41) is 4.55. The number of piperidine rings is 1. The van der Waals surface area contributed by atoms with Gasteiger partial charge < -0.3 is 19.5 Å². The zero-order valence-corrected chi connectivity index (χ0v) is 21.2. The zero-order chi connectivity index (χ0) is 23.4. The van der Waals surface area contributed by atoms with Crippen LogP contribution in [0.4, 0.5) is 0 Å². The second-order valence-corrected chi connectivity index (χ2v) is 11.7. The van der Waals surface area contributed by atoms with Crippen molar-refractivity contribution in [1.82, 2.24) is 14.8 Å². The van der Waals surface area contributed by atoms with Gasteiger partial charge >= 0.3 is 0 Å². The van der Waals surface area contributed by atoms with Gasteiger partial charge in [-0.05, 0) is 74.9 Å². The maximum atomic E-state index is 13.9. The Morgan fingerprint density at radius 3 is 2.58 bits per heavy atom. The van der Waals surface area contributed by atoms with Crippen LogP contribution in [0.5, 0.6) is 5.75 Å². The van der Waals surface area contributed by atoms with Crippen molar-refractivity contribution in [1.29, 1.82) is 0 Å². The highest BCUT2D eigenvalue weighted by molar-refractivity contribution is 6.09. The predicted octanol–water partition coefficient (Wildman–Crippen LogP) is 5.39. The summed E-state index contributed by atoms with van der Waals surface area (Å²) in [6, 6.07) is 6.33. The lowest BCUT2D eigenvalue weighted by Gasteiger charge is -2.43. The quantitative estimate of drug-likeness (QED) is 0.641. The monoisotopic (exact) mass is 451 g/mol. The van der Waals surface area contributed by atoms with Crippen LogP contribution >= 0.6 is 0 Å². The number of rotatable bonds is 6. The van der Waals surface area contributed by atoms with Crippen molar-refractivity contribution in [3.8, 4) is 5.75 Å². The van der Waals surface area contributed by atoms with E-state index in [0.717, 1.165) is 41.0 Å². The first-order valence-corrected chi connectivity index (χ1v) is 13.0. The van der Waals surface area contributed by atoms with Crippen LogP contribution in [0.3, 0.4) is 0 Å². The number of benzene rings is 1. The standard InChI is InChI=1S/C28H41N3O2/c1-19-23(25(32)29-26-27(2,3)20-12-13-28(26,4)18-20)21-10-9-11-22(33-5)24(21)31(19)17-16-30-14-7-6-8-15-30/h9-11,20,26H,6-8,12-18H2,1-5H3,(H,29,32)/t20?,26-,28+/m1/s1. The van der Waals surface area contributed by atoms with Crippen molar-refractivity contribution in [2.24, 2.45) is 16.7 Å². The average Bonchev–Trinajstić information content (AvgIpc) is 3.39. The van der Waals surface area contributed by atoms with E-state index in [-0.39, 0.29) is 22.8 Å². The molecule has 3 fully saturated rings. The number of nitrogens with one attached hydrogen (secondary N) is 1. The fraction of sp³-hybridized carbons (Fsp3) is 0.679. The number of fused-ring (bicyclic) bond motifs is 3. The number of aromatic nitrogens is 1. The fourth-order valence-electron chi connectivity index (χ4n) is 7.52. The highest BCUT2D eigenvalue weighted by Crippen LogP contribution is 2.62. The van der Waals surface area contributed by atoms with Gasteiger partial charge in [0.05, 0.1) is 18.2 Å². The Morgan fingerprint density at radius 2 is 1.91 bits per heavy atom. The molecule has 2 heterocycles. The van der Waals surface area contributed by atoms with Crippen molar-refractivity contribution in [3.63, 3.8) is 0 Å². The number of methoxy groups -OCH3 is 1. The summed E-state index contributed by atoms with van der Waals surface area (Å²) in [5.74, 6) is 1.63. The minimum Gasteiger partial charge on any atom is -0.495 e. The topological polar surface area (TPSA) is 46.5 Å². The normalized spacial score (nSPS) is 29.0. The number of hydrogen-bond acceptors (Lipinski definition) is 3. The van der Waals surface area contributed by atoms with Gasteiger partial charge in [0.15, 0.2) is 0 Å². The summed E-state index contributed by atoms with van der Waals surface area (Å²) < 4.78 is 8.09. The molecule has 1 saturated heterocycles.